The van der Waals surface area contributed by atoms with Crippen molar-refractivity contribution in [1.82, 2.24) is 9.78 Å². The van der Waals surface area contributed by atoms with Crippen molar-refractivity contribution < 1.29 is 9.18 Å². The molecule has 0 N–H and O–H groups in total. The third kappa shape index (κ3) is 2.82. The zero-order valence-corrected chi connectivity index (χ0v) is 13.3. The SMILES string of the molecule is CCC(=O)c1c(C)nn(Cc2ccc(F)cc2Br)c1C. The Labute approximate surface area is 125 Å². The van der Waals surface area contributed by atoms with Gasteiger partial charge in [0.2, 0.25) is 0 Å². The quantitative estimate of drug-likeness (QED) is 0.788. The molecular weight excluding hydrogens is 323 g/mol. The topological polar surface area (TPSA) is 34.9 Å². The monoisotopic (exact) mass is 338 g/mol. The zero-order chi connectivity index (χ0) is 14.9. The molecule has 3 nitrogen and oxygen atoms in total. The molecule has 106 valence electrons. The van der Waals surface area contributed by atoms with Crippen molar-refractivity contribution in [2.24, 2.45) is 0 Å². The van der Waals surface area contributed by atoms with Gasteiger partial charge in [-0.1, -0.05) is 28.9 Å². The molecule has 0 saturated carbocycles. The molecule has 0 aliphatic rings. The molecular formula is C15H16BrFN2O. The van der Waals surface area contributed by atoms with Gasteiger partial charge in [0, 0.05) is 16.6 Å². The molecule has 0 spiro atoms. The predicted octanol–water partition coefficient (Wildman–Crippen LogP) is 4.04. The van der Waals surface area contributed by atoms with Crippen molar-refractivity contribution in [1.29, 1.82) is 0 Å². The number of aromatic nitrogens is 2. The molecule has 2 aromatic rings. The first-order chi connectivity index (χ1) is 9.43. The summed E-state index contributed by atoms with van der Waals surface area (Å²) in [5.74, 6) is -0.180. The van der Waals surface area contributed by atoms with E-state index in [9.17, 15) is 9.18 Å². The summed E-state index contributed by atoms with van der Waals surface area (Å²) >= 11 is 3.35. The van der Waals surface area contributed by atoms with Gasteiger partial charge in [0.1, 0.15) is 5.82 Å². The summed E-state index contributed by atoms with van der Waals surface area (Å²) in [6, 6.07) is 4.57. The number of Topliss-reactive ketones (excluding diaryl/α,β-unsaturated/α-hetero) is 1. The summed E-state index contributed by atoms with van der Waals surface area (Å²) < 4.78 is 15.6. The molecule has 0 amide bonds. The van der Waals surface area contributed by atoms with Crippen molar-refractivity contribution in [3.63, 3.8) is 0 Å². The maximum absolute atomic E-state index is 13.1. The Kier molecular flexibility index (Phi) is 4.38. The van der Waals surface area contributed by atoms with Crippen LogP contribution in [-0.4, -0.2) is 15.6 Å². The molecule has 20 heavy (non-hydrogen) atoms. The van der Waals surface area contributed by atoms with Crippen molar-refractivity contribution in [3.8, 4) is 0 Å². The van der Waals surface area contributed by atoms with Crippen LogP contribution in [0.1, 0.15) is 40.7 Å². The van der Waals surface area contributed by atoms with Crippen LogP contribution in [0.25, 0.3) is 0 Å². The van der Waals surface area contributed by atoms with Crippen molar-refractivity contribution >= 4 is 21.7 Å². The van der Waals surface area contributed by atoms with Gasteiger partial charge in [0.05, 0.1) is 17.8 Å². The highest BCUT2D eigenvalue weighted by molar-refractivity contribution is 9.10. The van der Waals surface area contributed by atoms with Crippen LogP contribution in [0.15, 0.2) is 22.7 Å². The summed E-state index contributed by atoms with van der Waals surface area (Å²) in [6.45, 7) is 6.08. The standard InChI is InChI=1S/C15H16BrFN2O/c1-4-14(20)15-9(2)18-19(10(15)3)8-11-5-6-12(17)7-13(11)16/h5-7H,4,8H2,1-3H3. The minimum atomic E-state index is -0.282. The van der Waals surface area contributed by atoms with Gasteiger partial charge >= 0.3 is 0 Å². The lowest BCUT2D eigenvalue weighted by molar-refractivity contribution is 0.0987. The summed E-state index contributed by atoms with van der Waals surface area (Å²) in [4.78, 5) is 11.9. The molecule has 1 heterocycles. The van der Waals surface area contributed by atoms with Gasteiger partial charge in [-0.3, -0.25) is 9.48 Å². The van der Waals surface area contributed by atoms with Gasteiger partial charge in [0.25, 0.3) is 0 Å². The zero-order valence-electron chi connectivity index (χ0n) is 11.7. The molecule has 0 unspecified atom stereocenters. The van der Waals surface area contributed by atoms with E-state index >= 15 is 0 Å². The average molecular weight is 339 g/mol. The van der Waals surface area contributed by atoms with Crippen molar-refractivity contribution in [2.75, 3.05) is 0 Å². The van der Waals surface area contributed by atoms with Crippen molar-refractivity contribution in [2.45, 2.75) is 33.7 Å². The number of hydrogen-bond donors (Lipinski definition) is 0. The molecule has 1 aromatic heterocycles. The second-order valence-electron chi connectivity index (χ2n) is 4.72. The van der Waals surface area contributed by atoms with Crippen LogP contribution in [0.3, 0.4) is 0 Å². The van der Waals surface area contributed by atoms with Gasteiger partial charge in [-0.2, -0.15) is 5.10 Å². The fourth-order valence-electron chi connectivity index (χ4n) is 2.24. The number of halogens is 2. The highest BCUT2D eigenvalue weighted by Crippen LogP contribution is 2.21. The molecule has 0 aliphatic heterocycles. The molecule has 0 saturated heterocycles. The van der Waals surface area contributed by atoms with Gasteiger partial charge in [-0.15, -0.1) is 0 Å². The molecule has 0 aliphatic carbocycles. The van der Waals surface area contributed by atoms with E-state index in [1.807, 2.05) is 20.8 Å². The maximum Gasteiger partial charge on any atom is 0.166 e. The van der Waals surface area contributed by atoms with E-state index in [1.165, 1.54) is 12.1 Å². The Morgan fingerprint density at radius 2 is 2.10 bits per heavy atom. The highest BCUT2D eigenvalue weighted by atomic mass is 79.9. The fourth-order valence-corrected chi connectivity index (χ4v) is 2.72. The van der Waals surface area contributed by atoms with Crippen LogP contribution >= 0.6 is 15.9 Å². The second-order valence-corrected chi connectivity index (χ2v) is 5.57. The lowest BCUT2D eigenvalue weighted by Gasteiger charge is -2.07. The van der Waals surface area contributed by atoms with E-state index in [0.717, 1.165) is 17.0 Å². The first-order valence-corrected chi connectivity index (χ1v) is 7.24. The van der Waals surface area contributed by atoms with Gasteiger partial charge in [-0.25, -0.2) is 4.39 Å². The number of rotatable bonds is 4. The van der Waals surface area contributed by atoms with E-state index < -0.39 is 0 Å². The van der Waals surface area contributed by atoms with Crippen LogP contribution in [0, 0.1) is 19.7 Å². The Hall–Kier alpha value is -1.49. The lowest BCUT2D eigenvalue weighted by atomic mass is 10.1. The second kappa shape index (κ2) is 5.87. The van der Waals surface area contributed by atoms with Gasteiger partial charge in [-0.05, 0) is 31.5 Å². The number of hydrogen-bond acceptors (Lipinski definition) is 2. The smallest absolute Gasteiger partial charge is 0.166 e. The number of carbonyl (C=O) groups excluding carboxylic acids is 1. The van der Waals surface area contributed by atoms with E-state index in [0.29, 0.717) is 23.0 Å². The summed E-state index contributed by atoms with van der Waals surface area (Å²) in [6.07, 6.45) is 0.466. The molecule has 5 heteroatoms. The minimum absolute atomic E-state index is 0.101. The summed E-state index contributed by atoms with van der Waals surface area (Å²) in [7, 11) is 0. The Morgan fingerprint density at radius 1 is 1.40 bits per heavy atom. The van der Waals surface area contributed by atoms with E-state index in [4.69, 9.17) is 0 Å². The fraction of sp³-hybridized carbons (Fsp3) is 0.333. The minimum Gasteiger partial charge on any atom is -0.294 e. The lowest BCUT2D eigenvalue weighted by Crippen LogP contribution is -2.06. The summed E-state index contributed by atoms with van der Waals surface area (Å²) in [5, 5.41) is 4.42. The van der Waals surface area contributed by atoms with Crippen LogP contribution in [0.5, 0.6) is 0 Å². The molecule has 0 atom stereocenters. The van der Waals surface area contributed by atoms with E-state index in [1.54, 1.807) is 10.7 Å². The molecule has 0 radical (unpaired) electrons. The highest BCUT2D eigenvalue weighted by Gasteiger charge is 2.17. The Balaban J connectivity index is 2.37. The largest absolute Gasteiger partial charge is 0.294 e. The van der Waals surface area contributed by atoms with Crippen LogP contribution in [0.2, 0.25) is 0 Å². The maximum atomic E-state index is 13.1. The summed E-state index contributed by atoms with van der Waals surface area (Å²) in [5.41, 5.74) is 3.22. The number of ketones is 1. The van der Waals surface area contributed by atoms with Crippen LogP contribution in [-0.2, 0) is 6.54 Å². The number of aryl methyl sites for hydroxylation is 1. The third-order valence-electron chi connectivity index (χ3n) is 3.32. The third-order valence-corrected chi connectivity index (χ3v) is 4.05. The average Bonchev–Trinajstić information content (AvgIpc) is 2.67. The first kappa shape index (κ1) is 14.9. The molecule has 0 fully saturated rings. The van der Waals surface area contributed by atoms with Gasteiger partial charge < -0.3 is 0 Å². The molecule has 1 aromatic carbocycles. The normalized spacial score (nSPS) is 10.8. The Bertz CT molecular complexity index is 664. The van der Waals surface area contributed by atoms with Crippen LogP contribution < -0.4 is 0 Å². The van der Waals surface area contributed by atoms with E-state index in [-0.39, 0.29) is 11.6 Å². The van der Waals surface area contributed by atoms with Crippen LogP contribution in [0.4, 0.5) is 4.39 Å². The van der Waals surface area contributed by atoms with Gasteiger partial charge in [0.15, 0.2) is 5.78 Å². The predicted molar refractivity (Wildman–Crippen MR) is 79.5 cm³/mol. The molecule has 2 rings (SSSR count). The Morgan fingerprint density at radius 3 is 2.70 bits per heavy atom. The number of carbonyl (C=O) groups is 1. The molecule has 0 bridgehead atoms. The number of nitrogens with zero attached hydrogens (tertiary/aromatic N) is 2. The number of benzene rings is 1. The van der Waals surface area contributed by atoms with Crippen molar-refractivity contribution in [3.05, 3.63) is 51.0 Å². The van der Waals surface area contributed by atoms with E-state index in [2.05, 4.69) is 21.0 Å². The first-order valence-electron chi connectivity index (χ1n) is 6.45.